The number of benzene rings is 1. The van der Waals surface area contributed by atoms with Gasteiger partial charge in [-0.05, 0) is 18.3 Å². The van der Waals surface area contributed by atoms with Gasteiger partial charge in [-0.25, -0.2) is 0 Å². The molecule has 0 spiro atoms. The monoisotopic (exact) mass is 314 g/mol. The first-order valence-corrected chi connectivity index (χ1v) is 6.84. The number of amides is 1. The average molecular weight is 315 g/mol. The zero-order chi connectivity index (χ0) is 14.8. The molecule has 1 aromatic carbocycles. The Bertz CT molecular complexity index is 512. The van der Waals surface area contributed by atoms with Crippen molar-refractivity contribution >= 4 is 29.7 Å². The lowest BCUT2D eigenvalue weighted by atomic mass is 9.90. The van der Waals surface area contributed by atoms with Gasteiger partial charge in [0.2, 0.25) is 12.7 Å². The summed E-state index contributed by atoms with van der Waals surface area (Å²) in [6.45, 7) is 6.69. The van der Waals surface area contributed by atoms with Gasteiger partial charge in [-0.3, -0.25) is 4.79 Å². The summed E-state index contributed by atoms with van der Waals surface area (Å²) < 4.78 is 10.5. The maximum absolute atomic E-state index is 11.9. The lowest BCUT2D eigenvalue weighted by Gasteiger charge is -2.17. The first kappa shape index (κ1) is 17.4. The molecule has 0 atom stereocenters. The molecule has 1 aliphatic rings. The largest absolute Gasteiger partial charge is 0.454 e. The third-order valence-corrected chi connectivity index (χ3v) is 3.15. The maximum atomic E-state index is 11.9. The Morgan fingerprint density at radius 3 is 2.52 bits per heavy atom. The van der Waals surface area contributed by atoms with Crippen LogP contribution in [0.4, 0.5) is 11.4 Å². The number of carbonyl (C=O) groups is 1. The first-order chi connectivity index (χ1) is 9.35. The number of rotatable bonds is 4. The molecule has 0 saturated heterocycles. The van der Waals surface area contributed by atoms with Crippen molar-refractivity contribution in [3.63, 3.8) is 0 Å². The number of hydrogen-bond donors (Lipinski definition) is 2. The van der Waals surface area contributed by atoms with Crippen LogP contribution in [0.15, 0.2) is 12.1 Å². The molecule has 3 N–H and O–H groups in total. The van der Waals surface area contributed by atoms with Gasteiger partial charge in [0, 0.05) is 18.6 Å². The lowest BCUT2D eigenvalue weighted by molar-refractivity contribution is -0.116. The summed E-state index contributed by atoms with van der Waals surface area (Å²) in [5.74, 6) is 1.21. The number of nitrogens with two attached hydrogens (primary N) is 1. The van der Waals surface area contributed by atoms with Gasteiger partial charge in [0.15, 0.2) is 11.5 Å². The van der Waals surface area contributed by atoms with Gasteiger partial charge in [0.25, 0.3) is 0 Å². The topological polar surface area (TPSA) is 73.6 Å². The summed E-state index contributed by atoms with van der Waals surface area (Å²) in [7, 11) is 0. The van der Waals surface area contributed by atoms with Gasteiger partial charge < -0.3 is 20.5 Å². The third kappa shape index (κ3) is 5.01. The first-order valence-electron chi connectivity index (χ1n) is 6.84. The molecule has 21 heavy (non-hydrogen) atoms. The number of halogens is 1. The minimum absolute atomic E-state index is 0. The molecule has 0 unspecified atom stereocenters. The van der Waals surface area contributed by atoms with Crippen molar-refractivity contribution in [1.82, 2.24) is 0 Å². The molecule has 0 radical (unpaired) electrons. The van der Waals surface area contributed by atoms with E-state index in [9.17, 15) is 4.79 Å². The zero-order valence-electron chi connectivity index (χ0n) is 12.7. The predicted molar refractivity (Wildman–Crippen MR) is 86.2 cm³/mol. The van der Waals surface area contributed by atoms with E-state index < -0.39 is 0 Å². The molecular formula is C15H23ClN2O3. The fourth-order valence-electron chi connectivity index (χ4n) is 2.06. The van der Waals surface area contributed by atoms with E-state index in [-0.39, 0.29) is 30.5 Å². The number of hydrogen-bond acceptors (Lipinski definition) is 4. The number of ether oxygens (including phenoxy) is 2. The summed E-state index contributed by atoms with van der Waals surface area (Å²) in [5, 5.41) is 2.83. The van der Waals surface area contributed by atoms with Crippen molar-refractivity contribution < 1.29 is 14.3 Å². The van der Waals surface area contributed by atoms with Crippen LogP contribution in [0.1, 0.15) is 40.0 Å². The predicted octanol–water partition coefficient (Wildman–Crippen LogP) is 3.57. The Balaban J connectivity index is 0.00000220. The van der Waals surface area contributed by atoms with E-state index in [0.29, 0.717) is 29.3 Å². The van der Waals surface area contributed by atoms with Crippen LogP contribution in [0.25, 0.3) is 0 Å². The standard InChI is InChI=1S/C15H22N2O3.ClH/c1-15(2,3)6-4-5-14(18)17-11-8-13-12(7-10(11)16)19-9-20-13;/h7-8H,4-6,9,16H2,1-3H3,(H,17,18);1H. The highest BCUT2D eigenvalue weighted by Crippen LogP contribution is 2.38. The minimum atomic E-state index is -0.0279. The number of carbonyl (C=O) groups excluding carboxylic acids is 1. The summed E-state index contributed by atoms with van der Waals surface area (Å²) in [6.07, 6.45) is 2.36. The highest BCUT2D eigenvalue weighted by Gasteiger charge is 2.17. The van der Waals surface area contributed by atoms with E-state index in [1.807, 2.05) is 0 Å². The number of anilines is 2. The third-order valence-electron chi connectivity index (χ3n) is 3.15. The Kier molecular flexibility index (Phi) is 5.72. The average Bonchev–Trinajstić information content (AvgIpc) is 2.74. The molecular weight excluding hydrogens is 292 g/mol. The molecule has 0 fully saturated rings. The van der Waals surface area contributed by atoms with Crippen LogP contribution in [0.3, 0.4) is 0 Å². The molecule has 1 aliphatic heterocycles. The van der Waals surface area contributed by atoms with E-state index in [4.69, 9.17) is 15.2 Å². The van der Waals surface area contributed by atoms with Crippen molar-refractivity contribution in [2.45, 2.75) is 40.0 Å². The second-order valence-corrected chi connectivity index (χ2v) is 6.26. The molecule has 1 heterocycles. The molecule has 0 aromatic heterocycles. The van der Waals surface area contributed by atoms with Crippen LogP contribution in [-0.4, -0.2) is 12.7 Å². The Morgan fingerprint density at radius 2 is 1.90 bits per heavy atom. The molecule has 0 aliphatic carbocycles. The van der Waals surface area contributed by atoms with Crippen LogP contribution in [0.5, 0.6) is 11.5 Å². The van der Waals surface area contributed by atoms with Gasteiger partial charge in [0.05, 0.1) is 11.4 Å². The van der Waals surface area contributed by atoms with Crippen molar-refractivity contribution in [3.8, 4) is 11.5 Å². The summed E-state index contributed by atoms with van der Waals surface area (Å²) in [5.41, 5.74) is 7.20. The molecule has 6 heteroatoms. The minimum Gasteiger partial charge on any atom is -0.454 e. The van der Waals surface area contributed by atoms with Crippen molar-refractivity contribution in [2.24, 2.45) is 5.41 Å². The Morgan fingerprint density at radius 1 is 1.29 bits per heavy atom. The zero-order valence-corrected chi connectivity index (χ0v) is 13.5. The van der Waals surface area contributed by atoms with Gasteiger partial charge in [0.1, 0.15) is 0 Å². The fraction of sp³-hybridized carbons (Fsp3) is 0.533. The summed E-state index contributed by atoms with van der Waals surface area (Å²) >= 11 is 0. The van der Waals surface area contributed by atoms with Crippen LogP contribution in [0, 0.1) is 5.41 Å². The highest BCUT2D eigenvalue weighted by molar-refractivity contribution is 5.94. The van der Waals surface area contributed by atoms with Crippen molar-refractivity contribution in [2.75, 3.05) is 17.8 Å². The molecule has 0 bridgehead atoms. The normalized spacial score (nSPS) is 12.7. The molecule has 1 amide bonds. The Hall–Kier alpha value is -1.62. The number of nitrogen functional groups attached to an aromatic ring is 1. The van der Waals surface area contributed by atoms with Crippen LogP contribution >= 0.6 is 12.4 Å². The number of nitrogens with one attached hydrogen (secondary N) is 1. The molecule has 5 nitrogen and oxygen atoms in total. The summed E-state index contributed by atoms with van der Waals surface area (Å²) in [6, 6.07) is 3.38. The van der Waals surface area contributed by atoms with Crippen LogP contribution in [-0.2, 0) is 4.79 Å². The van der Waals surface area contributed by atoms with E-state index in [1.165, 1.54) is 0 Å². The van der Waals surface area contributed by atoms with Gasteiger partial charge in [-0.15, -0.1) is 12.4 Å². The maximum Gasteiger partial charge on any atom is 0.231 e. The van der Waals surface area contributed by atoms with E-state index >= 15 is 0 Å². The van der Waals surface area contributed by atoms with Gasteiger partial charge in [-0.2, -0.15) is 0 Å². The van der Waals surface area contributed by atoms with Crippen LogP contribution < -0.4 is 20.5 Å². The van der Waals surface area contributed by atoms with Crippen molar-refractivity contribution in [3.05, 3.63) is 12.1 Å². The van der Waals surface area contributed by atoms with E-state index in [0.717, 1.165) is 12.8 Å². The highest BCUT2D eigenvalue weighted by atomic mass is 35.5. The van der Waals surface area contributed by atoms with Gasteiger partial charge in [-0.1, -0.05) is 20.8 Å². The summed E-state index contributed by atoms with van der Waals surface area (Å²) in [4.78, 5) is 11.9. The van der Waals surface area contributed by atoms with Crippen molar-refractivity contribution in [1.29, 1.82) is 0 Å². The molecule has 118 valence electrons. The SMILES string of the molecule is CC(C)(C)CCCC(=O)Nc1cc2c(cc1N)OCO2.Cl. The Labute approximate surface area is 131 Å². The van der Waals surface area contributed by atoms with E-state index in [1.54, 1.807) is 12.1 Å². The molecule has 0 saturated carbocycles. The number of fused-ring (bicyclic) bond motifs is 1. The molecule has 2 rings (SSSR count). The lowest BCUT2D eigenvalue weighted by Crippen LogP contribution is -2.14. The molecule has 1 aromatic rings. The second-order valence-electron chi connectivity index (χ2n) is 6.26. The smallest absolute Gasteiger partial charge is 0.231 e. The fourth-order valence-corrected chi connectivity index (χ4v) is 2.06. The quantitative estimate of drug-likeness (QED) is 0.833. The second kappa shape index (κ2) is 6.89. The van der Waals surface area contributed by atoms with E-state index in [2.05, 4.69) is 26.1 Å². The van der Waals surface area contributed by atoms with Crippen LogP contribution in [0.2, 0.25) is 0 Å². The van der Waals surface area contributed by atoms with Gasteiger partial charge >= 0.3 is 0 Å².